The summed E-state index contributed by atoms with van der Waals surface area (Å²) in [4.78, 5) is 23.2. The molecule has 0 saturated carbocycles. The smallest absolute Gasteiger partial charge is 0.270 e. The van der Waals surface area contributed by atoms with Crippen molar-refractivity contribution in [1.82, 2.24) is 24.6 Å². The maximum Gasteiger partial charge on any atom is 0.270 e. The number of nitrogens with zero attached hydrogens (tertiary/aromatic N) is 4. The van der Waals surface area contributed by atoms with E-state index >= 15 is 0 Å². The van der Waals surface area contributed by atoms with Crippen LogP contribution in [-0.4, -0.2) is 45.9 Å². The van der Waals surface area contributed by atoms with Gasteiger partial charge in [0.2, 0.25) is 0 Å². The van der Waals surface area contributed by atoms with Gasteiger partial charge in [-0.2, -0.15) is 0 Å². The number of hydrogen-bond donors (Lipinski definition) is 1. The highest BCUT2D eigenvalue weighted by Gasteiger charge is 2.15. The molecule has 1 amide bonds. The lowest BCUT2D eigenvalue weighted by atomic mass is 10.0. The van der Waals surface area contributed by atoms with Crippen LogP contribution in [0.5, 0.6) is 0 Å². The third kappa shape index (κ3) is 3.90. The van der Waals surface area contributed by atoms with Crippen LogP contribution < -0.4 is 5.32 Å². The number of aromatic nitrogens is 3. The molecule has 30 heavy (non-hydrogen) atoms. The van der Waals surface area contributed by atoms with Crippen LogP contribution in [0.2, 0.25) is 5.02 Å². The lowest BCUT2D eigenvalue weighted by molar-refractivity contribution is 0.0929. The van der Waals surface area contributed by atoms with Crippen molar-refractivity contribution in [2.75, 3.05) is 20.8 Å². The predicted octanol–water partition coefficient (Wildman–Crippen LogP) is 4.10. The van der Waals surface area contributed by atoms with Crippen LogP contribution in [0.1, 0.15) is 10.5 Å². The Hall–Kier alpha value is -3.29. The Kier molecular flexibility index (Phi) is 5.48. The number of hydrogen-bond acceptors (Lipinski definition) is 4. The fourth-order valence-electron chi connectivity index (χ4n) is 3.14. The number of imidazole rings is 1. The lowest BCUT2D eigenvalue weighted by Gasteiger charge is -2.12. The monoisotopic (exact) mass is 423 g/mol. The van der Waals surface area contributed by atoms with Gasteiger partial charge in [-0.1, -0.05) is 17.7 Å². The molecular formula is C22H19ClFN5O. The van der Waals surface area contributed by atoms with Gasteiger partial charge >= 0.3 is 0 Å². The van der Waals surface area contributed by atoms with E-state index in [2.05, 4.69) is 15.3 Å². The Morgan fingerprint density at radius 1 is 1.17 bits per heavy atom. The molecule has 152 valence electrons. The summed E-state index contributed by atoms with van der Waals surface area (Å²) in [5.41, 5.74) is 4.12. The van der Waals surface area contributed by atoms with Crippen LogP contribution in [0.25, 0.3) is 28.0 Å². The van der Waals surface area contributed by atoms with E-state index in [4.69, 9.17) is 11.6 Å². The van der Waals surface area contributed by atoms with Crippen LogP contribution in [0.3, 0.4) is 0 Å². The second-order valence-corrected chi connectivity index (χ2v) is 7.47. The maximum absolute atomic E-state index is 13.6. The molecule has 0 aliphatic rings. The van der Waals surface area contributed by atoms with Crippen LogP contribution >= 0.6 is 11.6 Å². The number of rotatable bonds is 5. The quantitative estimate of drug-likeness (QED) is 0.491. The van der Waals surface area contributed by atoms with Crippen molar-refractivity contribution in [2.45, 2.75) is 0 Å². The zero-order valence-electron chi connectivity index (χ0n) is 16.4. The number of halogens is 2. The highest BCUT2D eigenvalue weighted by Crippen LogP contribution is 2.32. The fourth-order valence-corrected chi connectivity index (χ4v) is 3.32. The number of nitrogens with one attached hydrogen (secondary N) is 1. The number of carbonyl (C=O) groups excluding carboxylic acids is 1. The molecule has 1 aromatic carbocycles. The third-order valence-electron chi connectivity index (χ3n) is 4.61. The van der Waals surface area contributed by atoms with Gasteiger partial charge in [-0.15, -0.1) is 0 Å². The van der Waals surface area contributed by atoms with Crippen molar-refractivity contribution in [1.29, 1.82) is 0 Å². The van der Waals surface area contributed by atoms with Crippen molar-refractivity contribution in [3.8, 4) is 22.4 Å². The summed E-state index contributed by atoms with van der Waals surface area (Å²) >= 11 is 5.97. The highest BCUT2D eigenvalue weighted by molar-refractivity contribution is 6.31. The van der Waals surface area contributed by atoms with E-state index in [9.17, 15) is 9.18 Å². The Bertz CT molecular complexity index is 1240. The zero-order valence-corrected chi connectivity index (χ0v) is 17.2. The molecule has 1 N–H and O–H groups in total. The van der Waals surface area contributed by atoms with Crippen molar-refractivity contribution < 1.29 is 9.18 Å². The van der Waals surface area contributed by atoms with E-state index < -0.39 is 5.82 Å². The van der Waals surface area contributed by atoms with E-state index in [1.165, 1.54) is 6.07 Å². The summed E-state index contributed by atoms with van der Waals surface area (Å²) in [5, 5.41) is 2.88. The molecule has 6 nitrogen and oxygen atoms in total. The summed E-state index contributed by atoms with van der Waals surface area (Å²) in [5.74, 6) is -0.698. The van der Waals surface area contributed by atoms with E-state index in [0.29, 0.717) is 29.3 Å². The third-order valence-corrected chi connectivity index (χ3v) is 4.90. The number of amides is 1. The first-order chi connectivity index (χ1) is 14.4. The van der Waals surface area contributed by atoms with Crippen LogP contribution in [-0.2, 0) is 0 Å². The minimum Gasteiger partial charge on any atom is -0.338 e. The van der Waals surface area contributed by atoms with Gasteiger partial charge < -0.3 is 5.32 Å². The summed E-state index contributed by atoms with van der Waals surface area (Å²) < 4.78 is 15.4. The molecule has 0 spiro atoms. The first-order valence-electron chi connectivity index (χ1n) is 9.25. The van der Waals surface area contributed by atoms with Gasteiger partial charge in [0.05, 0.1) is 23.6 Å². The first kappa shape index (κ1) is 20.0. The van der Waals surface area contributed by atoms with Gasteiger partial charge in [0.15, 0.2) is 0 Å². The topological polar surface area (TPSA) is 62.5 Å². The average Bonchev–Trinajstić information content (AvgIpc) is 3.17. The van der Waals surface area contributed by atoms with Gasteiger partial charge in [0.25, 0.3) is 5.91 Å². The molecule has 0 unspecified atom stereocenters. The van der Waals surface area contributed by atoms with Crippen LogP contribution in [0, 0.1) is 5.82 Å². The highest BCUT2D eigenvalue weighted by atomic mass is 35.5. The molecule has 4 aromatic rings. The summed E-state index contributed by atoms with van der Waals surface area (Å²) in [6.07, 6.45) is 5.07. The standard InChI is InChI=1S/C22H19ClFN5O/c1-28(2)13-27-22(30)19-11-26-20-8-6-15(12-29(19)20)16-4-3-9-25-21(16)14-5-7-18(24)17(23)10-14/h3-12H,13H2,1-2H3,(H,27,30). The Balaban J connectivity index is 1.78. The molecule has 3 heterocycles. The second-order valence-electron chi connectivity index (χ2n) is 7.06. The molecule has 0 fully saturated rings. The second kappa shape index (κ2) is 8.22. The SMILES string of the molecule is CN(C)CNC(=O)c1cnc2ccc(-c3cccnc3-c3ccc(F)c(Cl)c3)cn12. The fraction of sp³-hybridized carbons (Fsp3) is 0.136. The molecule has 0 bridgehead atoms. The molecule has 0 aliphatic carbocycles. The van der Waals surface area contributed by atoms with E-state index in [0.717, 1.165) is 11.1 Å². The number of fused-ring (bicyclic) bond motifs is 1. The number of carbonyl (C=O) groups is 1. The minimum atomic E-state index is -0.480. The van der Waals surface area contributed by atoms with E-state index in [-0.39, 0.29) is 10.9 Å². The Morgan fingerprint density at radius 3 is 2.73 bits per heavy atom. The Morgan fingerprint density at radius 2 is 1.97 bits per heavy atom. The normalized spacial score (nSPS) is 11.2. The van der Waals surface area contributed by atoms with E-state index in [1.54, 1.807) is 28.9 Å². The van der Waals surface area contributed by atoms with Gasteiger partial charge in [0, 0.05) is 29.1 Å². The van der Waals surface area contributed by atoms with Crippen LogP contribution in [0.15, 0.2) is 61.1 Å². The summed E-state index contributed by atoms with van der Waals surface area (Å²) in [6.45, 7) is 0.420. The van der Waals surface area contributed by atoms with Crippen LogP contribution in [0.4, 0.5) is 4.39 Å². The molecule has 4 rings (SSSR count). The minimum absolute atomic E-state index is 0.0361. The van der Waals surface area contributed by atoms with Crippen molar-refractivity contribution >= 4 is 23.2 Å². The predicted molar refractivity (Wildman–Crippen MR) is 115 cm³/mol. The van der Waals surface area contributed by atoms with Gasteiger partial charge in [-0.3, -0.25) is 19.1 Å². The largest absolute Gasteiger partial charge is 0.338 e. The molecule has 0 aliphatic heterocycles. The van der Waals surface area contributed by atoms with Gasteiger partial charge in [0.1, 0.15) is 17.2 Å². The number of benzene rings is 1. The molecule has 8 heteroatoms. The van der Waals surface area contributed by atoms with Crippen molar-refractivity contribution in [3.05, 3.63) is 77.6 Å². The van der Waals surface area contributed by atoms with Gasteiger partial charge in [-0.25, -0.2) is 9.37 Å². The zero-order chi connectivity index (χ0) is 21.3. The lowest BCUT2D eigenvalue weighted by Crippen LogP contribution is -2.33. The average molecular weight is 424 g/mol. The molecular weight excluding hydrogens is 405 g/mol. The molecule has 0 radical (unpaired) electrons. The molecule has 0 saturated heterocycles. The first-order valence-corrected chi connectivity index (χ1v) is 9.62. The Labute approximate surface area is 178 Å². The number of pyridine rings is 2. The maximum atomic E-state index is 13.6. The summed E-state index contributed by atoms with van der Waals surface area (Å²) in [6, 6.07) is 12.0. The van der Waals surface area contributed by atoms with Gasteiger partial charge in [-0.05, 0) is 50.5 Å². The van der Waals surface area contributed by atoms with Crippen molar-refractivity contribution in [3.63, 3.8) is 0 Å². The molecule has 3 aromatic heterocycles. The molecule has 0 atom stereocenters. The van der Waals surface area contributed by atoms with Crippen molar-refractivity contribution in [2.24, 2.45) is 0 Å². The van der Waals surface area contributed by atoms with E-state index in [1.807, 2.05) is 49.5 Å². The summed E-state index contributed by atoms with van der Waals surface area (Å²) in [7, 11) is 3.75.